The third-order valence-corrected chi connectivity index (χ3v) is 5.47. The van der Waals surface area contributed by atoms with Crippen LogP contribution in [0.4, 0.5) is 0 Å². The van der Waals surface area contributed by atoms with Crippen molar-refractivity contribution in [3.8, 4) is 17.2 Å². The van der Waals surface area contributed by atoms with Crippen LogP contribution >= 0.6 is 0 Å². The van der Waals surface area contributed by atoms with Gasteiger partial charge in [0.15, 0.2) is 0 Å². The second kappa shape index (κ2) is 8.27. The number of allylic oxidation sites excluding steroid dienone is 2. The molecule has 3 aromatic carbocycles. The Morgan fingerprint density at radius 3 is 1.66 bits per heavy atom. The minimum absolute atomic E-state index is 0.184. The van der Waals surface area contributed by atoms with E-state index in [2.05, 4.69) is 20.1 Å². The van der Waals surface area contributed by atoms with E-state index in [4.69, 9.17) is 0 Å². The van der Waals surface area contributed by atoms with E-state index in [1.165, 1.54) is 0 Å². The van der Waals surface area contributed by atoms with Crippen LogP contribution in [0, 0.1) is 0 Å². The summed E-state index contributed by atoms with van der Waals surface area (Å²) >= 11 is 0. The van der Waals surface area contributed by atoms with Crippen molar-refractivity contribution < 1.29 is 15.3 Å². The molecule has 0 bridgehead atoms. The molecule has 0 fully saturated rings. The SMILES string of the molecule is C=CCc1cc(C(C)(c2cccc(O)c2)c2ccc(O)c(CC=C)c2)ccc1O. The fraction of sp³-hybridized carbons (Fsp3) is 0.154. The molecule has 0 aliphatic heterocycles. The van der Waals surface area contributed by atoms with Gasteiger partial charge >= 0.3 is 0 Å². The average molecular weight is 386 g/mol. The Labute approximate surface area is 171 Å². The maximum Gasteiger partial charge on any atom is 0.119 e. The zero-order valence-corrected chi connectivity index (χ0v) is 16.6. The van der Waals surface area contributed by atoms with Crippen molar-refractivity contribution in [3.05, 3.63) is 114 Å². The molecule has 29 heavy (non-hydrogen) atoms. The van der Waals surface area contributed by atoms with Crippen molar-refractivity contribution >= 4 is 0 Å². The van der Waals surface area contributed by atoms with Crippen LogP contribution in [0.2, 0.25) is 0 Å². The van der Waals surface area contributed by atoms with Gasteiger partial charge in [-0.1, -0.05) is 48.6 Å². The minimum Gasteiger partial charge on any atom is -0.508 e. The number of rotatable bonds is 7. The molecule has 0 atom stereocenters. The van der Waals surface area contributed by atoms with Gasteiger partial charge in [-0.2, -0.15) is 0 Å². The third kappa shape index (κ3) is 3.90. The molecule has 0 spiro atoms. The molecule has 3 aromatic rings. The topological polar surface area (TPSA) is 60.7 Å². The van der Waals surface area contributed by atoms with Crippen LogP contribution in [0.1, 0.15) is 34.7 Å². The molecule has 148 valence electrons. The lowest BCUT2D eigenvalue weighted by Gasteiger charge is -2.33. The molecule has 0 aromatic heterocycles. The van der Waals surface area contributed by atoms with Crippen LogP contribution in [0.15, 0.2) is 86.0 Å². The van der Waals surface area contributed by atoms with E-state index in [1.807, 2.05) is 36.4 Å². The Morgan fingerprint density at radius 1 is 0.724 bits per heavy atom. The highest BCUT2D eigenvalue weighted by Crippen LogP contribution is 2.42. The molecule has 3 rings (SSSR count). The Bertz CT molecular complexity index is 990. The Kier molecular flexibility index (Phi) is 5.79. The van der Waals surface area contributed by atoms with Gasteiger partial charge in [-0.15, -0.1) is 13.2 Å². The van der Waals surface area contributed by atoms with Gasteiger partial charge in [0.05, 0.1) is 0 Å². The second-order valence-electron chi connectivity index (χ2n) is 7.35. The van der Waals surface area contributed by atoms with Crippen molar-refractivity contribution in [2.24, 2.45) is 0 Å². The molecule has 0 saturated heterocycles. The lowest BCUT2D eigenvalue weighted by atomic mass is 9.70. The first kappa shape index (κ1) is 20.3. The van der Waals surface area contributed by atoms with E-state index in [0.29, 0.717) is 12.8 Å². The standard InChI is InChI=1S/C26H26O3/c1-4-7-18-15-21(11-13-24(18)28)26(3,20-9-6-10-23(27)17-20)22-12-14-25(29)19(16-22)8-5-2/h4-6,9-17,27-29H,1-2,7-8H2,3H3. The summed E-state index contributed by atoms with van der Waals surface area (Å²) in [7, 11) is 0. The Hall–Kier alpha value is -3.46. The van der Waals surface area contributed by atoms with Crippen LogP contribution in [-0.2, 0) is 18.3 Å². The summed E-state index contributed by atoms with van der Waals surface area (Å²) in [6, 6.07) is 18.3. The molecule has 0 aliphatic rings. The quantitative estimate of drug-likeness (QED) is 0.365. The van der Waals surface area contributed by atoms with Gasteiger partial charge in [-0.05, 0) is 71.8 Å². The van der Waals surface area contributed by atoms with Gasteiger partial charge in [-0.3, -0.25) is 0 Å². The molecule has 0 aliphatic carbocycles. The van der Waals surface area contributed by atoms with Crippen molar-refractivity contribution in [2.75, 3.05) is 0 Å². The van der Waals surface area contributed by atoms with Crippen LogP contribution in [0.5, 0.6) is 17.2 Å². The molecule has 0 amide bonds. The van der Waals surface area contributed by atoms with Crippen molar-refractivity contribution in [2.45, 2.75) is 25.2 Å². The largest absolute Gasteiger partial charge is 0.508 e. The normalized spacial score (nSPS) is 11.2. The fourth-order valence-electron chi connectivity index (χ4n) is 3.75. The van der Waals surface area contributed by atoms with Crippen LogP contribution in [-0.4, -0.2) is 15.3 Å². The molecule has 3 nitrogen and oxygen atoms in total. The summed E-state index contributed by atoms with van der Waals surface area (Å²) in [6.45, 7) is 9.63. The maximum absolute atomic E-state index is 10.2. The number of hydrogen-bond donors (Lipinski definition) is 3. The molecular formula is C26H26O3. The Morgan fingerprint density at radius 2 is 1.21 bits per heavy atom. The van der Waals surface area contributed by atoms with E-state index in [-0.39, 0.29) is 17.2 Å². The second-order valence-corrected chi connectivity index (χ2v) is 7.35. The fourth-order valence-corrected chi connectivity index (χ4v) is 3.75. The average Bonchev–Trinajstić information content (AvgIpc) is 2.71. The summed E-state index contributed by atoms with van der Waals surface area (Å²) in [5.41, 5.74) is 3.79. The number of aromatic hydroxyl groups is 3. The van der Waals surface area contributed by atoms with Gasteiger partial charge in [0, 0.05) is 5.41 Å². The number of benzene rings is 3. The molecule has 3 N–H and O–H groups in total. The smallest absolute Gasteiger partial charge is 0.119 e. The van der Waals surface area contributed by atoms with E-state index in [0.717, 1.165) is 27.8 Å². The van der Waals surface area contributed by atoms with E-state index >= 15 is 0 Å². The predicted molar refractivity (Wildman–Crippen MR) is 118 cm³/mol. The van der Waals surface area contributed by atoms with Crippen LogP contribution < -0.4 is 0 Å². The van der Waals surface area contributed by atoms with Crippen molar-refractivity contribution in [3.63, 3.8) is 0 Å². The molecule has 0 unspecified atom stereocenters. The molecular weight excluding hydrogens is 360 g/mol. The number of hydrogen-bond acceptors (Lipinski definition) is 3. The Balaban J connectivity index is 2.29. The lowest BCUT2D eigenvalue weighted by molar-refractivity contribution is 0.467. The van der Waals surface area contributed by atoms with Gasteiger partial charge in [0.25, 0.3) is 0 Å². The lowest BCUT2D eigenvalue weighted by Crippen LogP contribution is -2.25. The van der Waals surface area contributed by atoms with Gasteiger partial charge < -0.3 is 15.3 Å². The predicted octanol–water partition coefficient (Wildman–Crippen LogP) is 5.61. The van der Waals surface area contributed by atoms with Crippen LogP contribution in [0.25, 0.3) is 0 Å². The van der Waals surface area contributed by atoms with E-state index in [1.54, 1.807) is 36.4 Å². The molecule has 3 heteroatoms. The van der Waals surface area contributed by atoms with Crippen molar-refractivity contribution in [1.82, 2.24) is 0 Å². The zero-order chi connectivity index (χ0) is 21.0. The summed E-state index contributed by atoms with van der Waals surface area (Å²) in [5.74, 6) is 0.638. The van der Waals surface area contributed by atoms with Gasteiger partial charge in [0.1, 0.15) is 17.2 Å². The van der Waals surface area contributed by atoms with E-state index in [9.17, 15) is 15.3 Å². The molecule has 0 saturated carbocycles. The highest BCUT2D eigenvalue weighted by Gasteiger charge is 2.32. The van der Waals surface area contributed by atoms with E-state index < -0.39 is 5.41 Å². The third-order valence-electron chi connectivity index (χ3n) is 5.47. The monoisotopic (exact) mass is 386 g/mol. The summed E-state index contributed by atoms with van der Waals surface area (Å²) in [5, 5.41) is 30.6. The first-order valence-corrected chi connectivity index (χ1v) is 9.56. The van der Waals surface area contributed by atoms with Crippen molar-refractivity contribution in [1.29, 1.82) is 0 Å². The molecule has 0 heterocycles. The highest BCUT2D eigenvalue weighted by molar-refractivity contribution is 5.55. The summed E-state index contributed by atoms with van der Waals surface area (Å²) < 4.78 is 0. The molecule has 0 radical (unpaired) electrons. The van der Waals surface area contributed by atoms with Gasteiger partial charge in [-0.25, -0.2) is 0 Å². The number of phenols is 3. The van der Waals surface area contributed by atoms with Crippen LogP contribution in [0.3, 0.4) is 0 Å². The first-order chi connectivity index (χ1) is 13.9. The minimum atomic E-state index is -0.619. The maximum atomic E-state index is 10.2. The summed E-state index contributed by atoms with van der Waals surface area (Å²) in [6.07, 6.45) is 4.61. The number of phenolic OH excluding ortho intramolecular Hbond substituents is 3. The first-order valence-electron chi connectivity index (χ1n) is 9.56. The zero-order valence-electron chi connectivity index (χ0n) is 16.6. The van der Waals surface area contributed by atoms with Gasteiger partial charge in [0.2, 0.25) is 0 Å². The highest BCUT2D eigenvalue weighted by atomic mass is 16.3. The summed E-state index contributed by atoms with van der Waals surface area (Å²) in [4.78, 5) is 0.